The van der Waals surface area contributed by atoms with Gasteiger partial charge >= 0.3 is 5.97 Å². The minimum Gasteiger partial charge on any atom is -0.482 e. The van der Waals surface area contributed by atoms with Crippen LogP contribution in [0.4, 0.5) is 5.69 Å². The average Bonchev–Trinajstić information content (AvgIpc) is 2.92. The summed E-state index contributed by atoms with van der Waals surface area (Å²) in [5, 5.41) is 15.3. The first-order valence-electron chi connectivity index (χ1n) is 6.31. The zero-order valence-corrected chi connectivity index (χ0v) is 12.3. The van der Waals surface area contributed by atoms with Gasteiger partial charge in [0.05, 0.1) is 6.42 Å². The number of nitrogens with one attached hydrogen (secondary N) is 1. The highest BCUT2D eigenvalue weighted by molar-refractivity contribution is 7.08. The number of anilines is 1. The molecule has 0 unspecified atom stereocenters. The number of ether oxygens (including phenoxy) is 1. The molecule has 0 spiro atoms. The van der Waals surface area contributed by atoms with Gasteiger partial charge < -0.3 is 15.2 Å². The van der Waals surface area contributed by atoms with Crippen LogP contribution in [0.25, 0.3) is 0 Å². The molecule has 0 aliphatic heterocycles. The zero-order chi connectivity index (χ0) is 15.2. The topological polar surface area (TPSA) is 75.6 Å². The summed E-state index contributed by atoms with van der Waals surface area (Å²) in [5.41, 5.74) is 2.49. The minimum atomic E-state index is -1.03. The summed E-state index contributed by atoms with van der Waals surface area (Å²) >= 11 is 1.56. The van der Waals surface area contributed by atoms with Gasteiger partial charge in [0, 0.05) is 5.69 Å². The first kappa shape index (κ1) is 15.1. The molecule has 1 aromatic heterocycles. The molecule has 2 N–H and O–H groups in total. The highest BCUT2D eigenvalue weighted by atomic mass is 32.1. The number of benzene rings is 1. The molecule has 110 valence electrons. The van der Waals surface area contributed by atoms with Gasteiger partial charge in [-0.1, -0.05) is 0 Å². The maximum atomic E-state index is 11.9. The van der Waals surface area contributed by atoms with Gasteiger partial charge in [0.1, 0.15) is 5.75 Å². The van der Waals surface area contributed by atoms with Crippen molar-refractivity contribution < 1.29 is 19.4 Å². The number of hydrogen-bond donors (Lipinski definition) is 2. The van der Waals surface area contributed by atoms with E-state index in [1.54, 1.807) is 29.5 Å². The van der Waals surface area contributed by atoms with Crippen molar-refractivity contribution >= 4 is 28.9 Å². The van der Waals surface area contributed by atoms with E-state index < -0.39 is 5.97 Å². The molecule has 5 nitrogen and oxygen atoms in total. The lowest BCUT2D eigenvalue weighted by molar-refractivity contribution is -0.139. The average molecular weight is 305 g/mol. The van der Waals surface area contributed by atoms with Gasteiger partial charge in [0.25, 0.3) is 0 Å². The van der Waals surface area contributed by atoms with E-state index in [0.29, 0.717) is 17.9 Å². The Kier molecular flexibility index (Phi) is 4.94. The third-order valence-electron chi connectivity index (χ3n) is 2.78. The number of carbonyl (C=O) groups is 2. The van der Waals surface area contributed by atoms with Crippen molar-refractivity contribution in [2.45, 2.75) is 13.3 Å². The molecule has 2 aromatic rings. The summed E-state index contributed by atoms with van der Waals surface area (Å²) in [6.07, 6.45) is 0.334. The summed E-state index contributed by atoms with van der Waals surface area (Å²) in [7, 11) is 0. The lowest BCUT2D eigenvalue weighted by Crippen LogP contribution is -2.15. The fraction of sp³-hybridized carbons (Fsp3) is 0.200. The molecule has 1 aromatic carbocycles. The molecule has 1 amide bonds. The monoisotopic (exact) mass is 305 g/mol. The molecule has 0 aliphatic carbocycles. The molecule has 1 heterocycles. The van der Waals surface area contributed by atoms with E-state index in [2.05, 4.69) is 5.32 Å². The fourth-order valence-electron chi connectivity index (χ4n) is 1.78. The van der Waals surface area contributed by atoms with Crippen molar-refractivity contribution in [1.29, 1.82) is 0 Å². The van der Waals surface area contributed by atoms with E-state index in [1.165, 1.54) is 0 Å². The van der Waals surface area contributed by atoms with Crippen LogP contribution in [0.3, 0.4) is 0 Å². The third-order valence-corrected chi connectivity index (χ3v) is 3.51. The number of hydrogen-bond acceptors (Lipinski definition) is 4. The second-order valence-electron chi connectivity index (χ2n) is 4.52. The first-order valence-corrected chi connectivity index (χ1v) is 7.25. The normalized spacial score (nSPS) is 10.1. The Morgan fingerprint density at radius 1 is 1.33 bits per heavy atom. The van der Waals surface area contributed by atoms with Gasteiger partial charge in [-0.2, -0.15) is 11.3 Å². The lowest BCUT2D eigenvalue weighted by atomic mass is 10.1. The van der Waals surface area contributed by atoms with Crippen molar-refractivity contribution in [3.8, 4) is 5.75 Å². The van der Waals surface area contributed by atoms with E-state index in [1.807, 2.05) is 23.8 Å². The number of carboxylic acids is 1. The second kappa shape index (κ2) is 6.90. The first-order chi connectivity index (χ1) is 10.0. The maximum Gasteiger partial charge on any atom is 0.341 e. The van der Waals surface area contributed by atoms with Crippen molar-refractivity contribution in [1.82, 2.24) is 0 Å². The zero-order valence-electron chi connectivity index (χ0n) is 11.5. The van der Waals surface area contributed by atoms with Crippen molar-refractivity contribution in [2.75, 3.05) is 11.9 Å². The van der Waals surface area contributed by atoms with Crippen molar-refractivity contribution in [3.63, 3.8) is 0 Å². The second-order valence-corrected chi connectivity index (χ2v) is 5.30. The van der Waals surface area contributed by atoms with Gasteiger partial charge in [-0.05, 0) is 53.1 Å². The number of rotatable bonds is 6. The van der Waals surface area contributed by atoms with Crippen LogP contribution in [0.2, 0.25) is 0 Å². The molecule has 21 heavy (non-hydrogen) atoms. The summed E-state index contributed by atoms with van der Waals surface area (Å²) in [5.74, 6) is -0.651. The molecule has 6 heteroatoms. The van der Waals surface area contributed by atoms with Crippen LogP contribution >= 0.6 is 11.3 Å². The molecule has 0 radical (unpaired) electrons. The van der Waals surface area contributed by atoms with Crippen LogP contribution in [0.15, 0.2) is 35.0 Å². The number of aliphatic carboxylic acids is 1. The molecular weight excluding hydrogens is 290 g/mol. The number of aryl methyl sites for hydroxylation is 1. The minimum absolute atomic E-state index is 0.0873. The van der Waals surface area contributed by atoms with Gasteiger partial charge in [0.15, 0.2) is 6.61 Å². The number of amides is 1. The molecule has 0 bridgehead atoms. The van der Waals surface area contributed by atoms with Gasteiger partial charge in [-0.15, -0.1) is 0 Å². The standard InChI is InChI=1S/C15H15NO4S/c1-10-6-12(20-8-15(18)19)2-3-13(10)16-14(17)7-11-4-5-21-9-11/h2-6,9H,7-8H2,1H3,(H,16,17)(H,18,19). The van der Waals surface area contributed by atoms with Gasteiger partial charge in [0.2, 0.25) is 5.91 Å². The van der Waals surface area contributed by atoms with E-state index in [9.17, 15) is 9.59 Å². The maximum absolute atomic E-state index is 11.9. The fourth-order valence-corrected chi connectivity index (χ4v) is 2.45. The Morgan fingerprint density at radius 2 is 2.14 bits per heavy atom. The molecule has 2 rings (SSSR count). The van der Waals surface area contributed by atoms with E-state index in [4.69, 9.17) is 9.84 Å². The Morgan fingerprint density at radius 3 is 2.76 bits per heavy atom. The Balaban J connectivity index is 1.97. The van der Waals surface area contributed by atoms with Crippen LogP contribution in [-0.4, -0.2) is 23.6 Å². The molecule has 0 atom stereocenters. The Hall–Kier alpha value is -2.34. The van der Waals surface area contributed by atoms with E-state index >= 15 is 0 Å². The number of carbonyl (C=O) groups excluding carboxylic acids is 1. The molecule has 0 saturated heterocycles. The largest absolute Gasteiger partial charge is 0.482 e. The summed E-state index contributed by atoms with van der Waals surface area (Å²) in [6.45, 7) is 1.44. The van der Waals surface area contributed by atoms with E-state index in [0.717, 1.165) is 11.1 Å². The Bertz CT molecular complexity index is 637. The highest BCUT2D eigenvalue weighted by Gasteiger charge is 2.08. The summed E-state index contributed by atoms with van der Waals surface area (Å²) < 4.78 is 5.08. The van der Waals surface area contributed by atoms with Crippen LogP contribution in [0.5, 0.6) is 5.75 Å². The summed E-state index contributed by atoms with van der Waals surface area (Å²) in [4.78, 5) is 22.4. The lowest BCUT2D eigenvalue weighted by Gasteiger charge is -2.10. The van der Waals surface area contributed by atoms with Gasteiger partial charge in [-0.3, -0.25) is 4.79 Å². The number of carboxylic acid groups (broad SMARTS) is 1. The number of thiophene rings is 1. The Labute approximate surface area is 126 Å². The molecule has 0 saturated carbocycles. The smallest absolute Gasteiger partial charge is 0.341 e. The van der Waals surface area contributed by atoms with E-state index in [-0.39, 0.29) is 12.5 Å². The van der Waals surface area contributed by atoms with Crippen molar-refractivity contribution in [2.24, 2.45) is 0 Å². The van der Waals surface area contributed by atoms with Gasteiger partial charge in [-0.25, -0.2) is 4.79 Å². The third kappa shape index (κ3) is 4.61. The SMILES string of the molecule is Cc1cc(OCC(=O)O)ccc1NC(=O)Cc1ccsc1. The van der Waals surface area contributed by atoms with Crippen LogP contribution in [0, 0.1) is 6.92 Å². The molecule has 0 aliphatic rings. The van der Waals surface area contributed by atoms with Crippen molar-refractivity contribution in [3.05, 3.63) is 46.2 Å². The molecule has 0 fully saturated rings. The summed E-state index contributed by atoms with van der Waals surface area (Å²) in [6, 6.07) is 6.96. The quantitative estimate of drug-likeness (QED) is 0.860. The highest BCUT2D eigenvalue weighted by Crippen LogP contribution is 2.21. The predicted octanol–water partition coefficient (Wildman–Crippen LogP) is 2.70. The van der Waals surface area contributed by atoms with Crippen LogP contribution in [0.1, 0.15) is 11.1 Å². The molecular formula is C15H15NO4S. The predicted molar refractivity (Wildman–Crippen MR) is 81.0 cm³/mol. The van der Waals surface area contributed by atoms with Crippen LogP contribution < -0.4 is 10.1 Å². The van der Waals surface area contributed by atoms with Crippen LogP contribution in [-0.2, 0) is 16.0 Å².